The van der Waals surface area contributed by atoms with Crippen LogP contribution < -0.4 is 15.5 Å². The minimum Gasteiger partial charge on any atom is -0.378 e. The molecular weight excluding hydrogens is 278 g/mol. The van der Waals surface area contributed by atoms with Gasteiger partial charge in [-0.15, -0.1) is 0 Å². The van der Waals surface area contributed by atoms with Gasteiger partial charge >= 0.3 is 0 Å². The summed E-state index contributed by atoms with van der Waals surface area (Å²) in [5.41, 5.74) is 4.49. The number of carbonyl (C=O) groups is 1. The van der Waals surface area contributed by atoms with Gasteiger partial charge in [0.25, 0.3) is 5.91 Å². The fourth-order valence-corrected chi connectivity index (χ4v) is 2.76. The first-order valence-corrected chi connectivity index (χ1v) is 7.40. The van der Waals surface area contributed by atoms with E-state index in [2.05, 4.69) is 15.7 Å². The van der Waals surface area contributed by atoms with E-state index in [-0.39, 0.29) is 5.91 Å². The number of hydrogen-bond donors (Lipinski definition) is 2. The number of anilines is 2. The van der Waals surface area contributed by atoms with Gasteiger partial charge in [0.1, 0.15) is 0 Å². The van der Waals surface area contributed by atoms with Crippen molar-refractivity contribution in [3.05, 3.63) is 41.2 Å². The van der Waals surface area contributed by atoms with Crippen molar-refractivity contribution in [2.45, 2.75) is 13.0 Å². The molecule has 0 spiro atoms. The summed E-state index contributed by atoms with van der Waals surface area (Å²) in [6.07, 6.45) is 0.905. The number of rotatable bonds is 3. The molecule has 2 N–H and O–H groups in total. The van der Waals surface area contributed by atoms with Crippen molar-refractivity contribution in [3.63, 3.8) is 0 Å². The first-order valence-electron chi connectivity index (χ1n) is 7.40. The van der Waals surface area contributed by atoms with Crippen LogP contribution in [0.15, 0.2) is 24.3 Å². The lowest BCUT2D eigenvalue weighted by Gasteiger charge is -2.15. The topological polar surface area (TPSA) is 62.2 Å². The van der Waals surface area contributed by atoms with E-state index < -0.39 is 0 Å². The lowest BCUT2D eigenvalue weighted by Crippen LogP contribution is -2.26. The van der Waals surface area contributed by atoms with Crippen molar-refractivity contribution in [2.75, 3.05) is 30.9 Å². The summed E-state index contributed by atoms with van der Waals surface area (Å²) in [5, 5.41) is 10.6. The van der Waals surface area contributed by atoms with Gasteiger partial charge in [0.2, 0.25) is 0 Å². The Balaban J connectivity index is 1.85. The van der Waals surface area contributed by atoms with Gasteiger partial charge in [0, 0.05) is 63.3 Å². The van der Waals surface area contributed by atoms with Gasteiger partial charge in [-0.2, -0.15) is 5.10 Å². The second-order valence-electron chi connectivity index (χ2n) is 5.72. The molecule has 1 aromatic carbocycles. The summed E-state index contributed by atoms with van der Waals surface area (Å²) in [6.45, 7) is 1.63. The second kappa shape index (κ2) is 5.81. The molecule has 0 bridgehead atoms. The van der Waals surface area contributed by atoms with Crippen LogP contribution in [0.5, 0.6) is 0 Å². The third-order valence-corrected chi connectivity index (χ3v) is 3.95. The van der Waals surface area contributed by atoms with Crippen molar-refractivity contribution < 1.29 is 4.79 Å². The van der Waals surface area contributed by atoms with Crippen molar-refractivity contribution in [1.82, 2.24) is 15.1 Å². The van der Waals surface area contributed by atoms with Crippen LogP contribution in [0, 0.1) is 0 Å². The number of aryl methyl sites for hydroxylation is 1. The molecule has 0 fully saturated rings. The van der Waals surface area contributed by atoms with Crippen molar-refractivity contribution in [1.29, 1.82) is 0 Å². The number of carbonyl (C=O) groups excluding carboxylic acids is 1. The predicted molar refractivity (Wildman–Crippen MR) is 87.3 cm³/mol. The van der Waals surface area contributed by atoms with Crippen LogP contribution in [0.25, 0.3) is 0 Å². The number of nitrogens with one attached hydrogen (secondary N) is 2. The highest BCUT2D eigenvalue weighted by atomic mass is 16.2. The molecule has 1 amide bonds. The third-order valence-electron chi connectivity index (χ3n) is 3.95. The third kappa shape index (κ3) is 2.69. The van der Waals surface area contributed by atoms with Gasteiger partial charge in [-0.1, -0.05) is 6.07 Å². The highest BCUT2D eigenvalue weighted by Crippen LogP contribution is 2.21. The first kappa shape index (κ1) is 14.6. The molecule has 3 rings (SSSR count). The van der Waals surface area contributed by atoms with Gasteiger partial charge in [-0.05, 0) is 18.2 Å². The largest absolute Gasteiger partial charge is 0.378 e. The monoisotopic (exact) mass is 299 g/mol. The van der Waals surface area contributed by atoms with Crippen LogP contribution in [0.1, 0.15) is 21.7 Å². The van der Waals surface area contributed by atoms with Crippen molar-refractivity contribution in [3.8, 4) is 0 Å². The van der Waals surface area contributed by atoms with Gasteiger partial charge in [-0.3, -0.25) is 9.48 Å². The maximum absolute atomic E-state index is 12.6. The van der Waals surface area contributed by atoms with E-state index in [4.69, 9.17) is 0 Å². The molecule has 0 atom stereocenters. The number of nitrogens with zero attached hydrogens (tertiary/aromatic N) is 3. The molecule has 116 valence electrons. The normalized spacial score (nSPS) is 13.6. The molecule has 0 radical (unpaired) electrons. The number of aromatic nitrogens is 2. The van der Waals surface area contributed by atoms with Gasteiger partial charge < -0.3 is 15.5 Å². The highest BCUT2D eigenvalue weighted by Gasteiger charge is 2.23. The Morgan fingerprint density at radius 1 is 1.41 bits per heavy atom. The van der Waals surface area contributed by atoms with E-state index >= 15 is 0 Å². The maximum atomic E-state index is 12.6. The summed E-state index contributed by atoms with van der Waals surface area (Å²) in [5.74, 6) is -0.156. The quantitative estimate of drug-likeness (QED) is 0.899. The van der Waals surface area contributed by atoms with Crippen LogP contribution >= 0.6 is 0 Å². The summed E-state index contributed by atoms with van der Waals surface area (Å²) in [4.78, 5) is 14.6. The molecule has 2 aromatic rings. The first-order chi connectivity index (χ1) is 10.6. The molecule has 1 aliphatic heterocycles. The fourth-order valence-electron chi connectivity index (χ4n) is 2.76. The second-order valence-corrected chi connectivity index (χ2v) is 5.72. The summed E-state index contributed by atoms with van der Waals surface area (Å²) in [6, 6.07) is 7.77. The van der Waals surface area contributed by atoms with Gasteiger partial charge in [-0.25, -0.2) is 0 Å². The van der Waals surface area contributed by atoms with Crippen LogP contribution in [-0.4, -0.2) is 36.3 Å². The number of benzene rings is 1. The molecule has 0 unspecified atom stereocenters. The van der Waals surface area contributed by atoms with Crippen molar-refractivity contribution in [2.24, 2.45) is 7.05 Å². The predicted octanol–water partition coefficient (Wildman–Crippen LogP) is 1.38. The standard InChI is InChI=1S/C16H21N5O/c1-20(2)12-6-4-5-11(9-12)18-16(22)15-13-10-17-8-7-14(13)21(3)19-15/h4-6,9,17H,7-8,10H2,1-3H3,(H,18,22). The molecule has 6 nitrogen and oxygen atoms in total. The average Bonchev–Trinajstić information content (AvgIpc) is 2.85. The van der Waals surface area contributed by atoms with Crippen molar-refractivity contribution >= 4 is 17.3 Å². The Hall–Kier alpha value is -2.34. The van der Waals surface area contributed by atoms with E-state index in [9.17, 15) is 4.79 Å². The Labute approximate surface area is 130 Å². The van der Waals surface area contributed by atoms with Gasteiger partial charge in [0.05, 0.1) is 0 Å². The van der Waals surface area contributed by atoms with E-state index in [1.165, 1.54) is 0 Å². The minimum atomic E-state index is -0.156. The molecule has 0 saturated heterocycles. The Bertz CT molecular complexity index is 705. The summed E-state index contributed by atoms with van der Waals surface area (Å²) < 4.78 is 1.82. The zero-order valence-electron chi connectivity index (χ0n) is 13.2. The number of fused-ring (bicyclic) bond motifs is 1. The molecule has 1 aromatic heterocycles. The highest BCUT2D eigenvalue weighted by molar-refractivity contribution is 6.04. The van der Waals surface area contributed by atoms with E-state index in [1.54, 1.807) is 0 Å². The Kier molecular flexibility index (Phi) is 3.85. The molecule has 1 aliphatic rings. The van der Waals surface area contributed by atoms with E-state index in [1.807, 2.05) is 55.0 Å². The number of hydrogen-bond acceptors (Lipinski definition) is 4. The van der Waals surface area contributed by atoms with Crippen LogP contribution in [0.2, 0.25) is 0 Å². The van der Waals surface area contributed by atoms with Crippen LogP contribution in [0.3, 0.4) is 0 Å². The average molecular weight is 299 g/mol. The van der Waals surface area contributed by atoms with Crippen LogP contribution in [-0.2, 0) is 20.0 Å². The van der Waals surface area contributed by atoms with E-state index in [0.717, 1.165) is 35.6 Å². The SMILES string of the molecule is CN(C)c1cccc(NC(=O)c2nn(C)c3c2CNCC3)c1. The van der Waals surface area contributed by atoms with Crippen LogP contribution in [0.4, 0.5) is 11.4 Å². The molecule has 0 saturated carbocycles. The fraction of sp³-hybridized carbons (Fsp3) is 0.375. The molecule has 2 heterocycles. The summed E-state index contributed by atoms with van der Waals surface area (Å²) in [7, 11) is 5.84. The zero-order chi connectivity index (χ0) is 15.7. The maximum Gasteiger partial charge on any atom is 0.276 e. The lowest BCUT2D eigenvalue weighted by molar-refractivity contribution is 0.102. The smallest absolute Gasteiger partial charge is 0.276 e. The molecule has 0 aliphatic carbocycles. The van der Waals surface area contributed by atoms with Gasteiger partial charge in [0.15, 0.2) is 5.69 Å². The minimum absolute atomic E-state index is 0.156. The zero-order valence-corrected chi connectivity index (χ0v) is 13.2. The molecule has 6 heteroatoms. The summed E-state index contributed by atoms with van der Waals surface area (Å²) >= 11 is 0. The van der Waals surface area contributed by atoms with E-state index in [0.29, 0.717) is 12.2 Å². The molecular formula is C16H21N5O. The number of amides is 1. The molecule has 22 heavy (non-hydrogen) atoms. The lowest BCUT2D eigenvalue weighted by atomic mass is 10.1. The Morgan fingerprint density at radius 2 is 2.23 bits per heavy atom. The Morgan fingerprint density at radius 3 is 3.00 bits per heavy atom.